The molecule has 80 heavy (non-hydrogen) atoms. The van der Waals surface area contributed by atoms with Crippen molar-refractivity contribution < 1.29 is 28.6 Å². The molecular formula is C74H134O6. The van der Waals surface area contributed by atoms with Gasteiger partial charge in [-0.05, 0) is 109 Å². The minimum absolute atomic E-state index is 0.0790. The zero-order valence-corrected chi connectivity index (χ0v) is 53.6. The van der Waals surface area contributed by atoms with Crippen molar-refractivity contribution in [2.45, 2.75) is 380 Å². The Labute approximate surface area is 498 Å². The third kappa shape index (κ3) is 65.9. The van der Waals surface area contributed by atoms with Gasteiger partial charge in [-0.15, -0.1) is 0 Å². The van der Waals surface area contributed by atoms with Crippen LogP contribution in [0.15, 0.2) is 60.8 Å². The summed E-state index contributed by atoms with van der Waals surface area (Å²) in [5.41, 5.74) is 0. The summed E-state index contributed by atoms with van der Waals surface area (Å²) in [6.45, 7) is 6.64. The van der Waals surface area contributed by atoms with Crippen LogP contribution in [0.1, 0.15) is 374 Å². The van der Waals surface area contributed by atoms with Gasteiger partial charge < -0.3 is 14.2 Å². The van der Waals surface area contributed by atoms with Gasteiger partial charge in [0.2, 0.25) is 0 Å². The molecule has 0 saturated carbocycles. The second kappa shape index (κ2) is 68.6. The van der Waals surface area contributed by atoms with E-state index in [1.165, 1.54) is 238 Å². The molecule has 6 heteroatoms. The fourth-order valence-electron chi connectivity index (χ4n) is 10.4. The molecule has 0 aromatic rings. The van der Waals surface area contributed by atoms with Crippen LogP contribution in [0, 0.1) is 0 Å². The van der Waals surface area contributed by atoms with Gasteiger partial charge in [-0.2, -0.15) is 0 Å². The summed E-state index contributed by atoms with van der Waals surface area (Å²) >= 11 is 0. The highest BCUT2D eigenvalue weighted by Gasteiger charge is 2.19. The SMILES string of the molecule is CCCCCC/C=C\C/C=C\CCCCCCCC(=O)OC(COC(=O)CCCCCCC/C=C\CCCCCCCC)COC(=O)CCCCCCCCCCCCCCCCCCCCC/C=C\C/C=C\CCCCCCC. The number of hydrogen-bond acceptors (Lipinski definition) is 6. The number of unbranched alkanes of at least 4 members (excludes halogenated alkanes) is 44. The van der Waals surface area contributed by atoms with E-state index in [9.17, 15) is 14.4 Å². The van der Waals surface area contributed by atoms with Crippen molar-refractivity contribution in [2.24, 2.45) is 0 Å². The van der Waals surface area contributed by atoms with Crippen molar-refractivity contribution in [1.82, 2.24) is 0 Å². The quantitative estimate of drug-likeness (QED) is 0.0261. The number of allylic oxidation sites excluding steroid dienone is 10. The van der Waals surface area contributed by atoms with Crippen molar-refractivity contribution in [2.75, 3.05) is 13.2 Å². The Bertz CT molecular complexity index is 1430. The summed E-state index contributed by atoms with van der Waals surface area (Å²) in [6, 6.07) is 0. The molecule has 0 rings (SSSR count). The maximum Gasteiger partial charge on any atom is 0.306 e. The topological polar surface area (TPSA) is 78.9 Å². The van der Waals surface area contributed by atoms with E-state index in [4.69, 9.17) is 14.2 Å². The van der Waals surface area contributed by atoms with Gasteiger partial charge in [0.15, 0.2) is 6.10 Å². The van der Waals surface area contributed by atoms with E-state index >= 15 is 0 Å². The summed E-state index contributed by atoms with van der Waals surface area (Å²) in [7, 11) is 0. The van der Waals surface area contributed by atoms with Crippen molar-refractivity contribution in [1.29, 1.82) is 0 Å². The molecule has 0 aliphatic heterocycles. The molecule has 0 radical (unpaired) electrons. The van der Waals surface area contributed by atoms with Crippen LogP contribution in [0.2, 0.25) is 0 Å². The third-order valence-corrected chi connectivity index (χ3v) is 15.7. The summed E-state index contributed by atoms with van der Waals surface area (Å²) < 4.78 is 17.0. The molecule has 0 N–H and O–H groups in total. The lowest BCUT2D eigenvalue weighted by Gasteiger charge is -2.18. The highest BCUT2D eigenvalue weighted by Crippen LogP contribution is 2.18. The predicted octanol–water partition coefficient (Wildman–Crippen LogP) is 24.3. The largest absolute Gasteiger partial charge is 0.462 e. The highest BCUT2D eigenvalue weighted by molar-refractivity contribution is 5.71. The van der Waals surface area contributed by atoms with E-state index in [-0.39, 0.29) is 31.1 Å². The lowest BCUT2D eigenvalue weighted by Crippen LogP contribution is -2.30. The first-order valence-corrected chi connectivity index (χ1v) is 35.3. The normalized spacial score (nSPS) is 12.4. The van der Waals surface area contributed by atoms with Gasteiger partial charge in [-0.3, -0.25) is 14.4 Å². The van der Waals surface area contributed by atoms with Gasteiger partial charge in [-0.1, -0.05) is 306 Å². The molecule has 0 aliphatic rings. The number of hydrogen-bond donors (Lipinski definition) is 0. The van der Waals surface area contributed by atoms with Crippen LogP contribution < -0.4 is 0 Å². The number of ether oxygens (including phenoxy) is 3. The van der Waals surface area contributed by atoms with Crippen LogP contribution in [0.5, 0.6) is 0 Å². The zero-order valence-electron chi connectivity index (χ0n) is 53.6. The average molecular weight is 1120 g/mol. The maximum absolute atomic E-state index is 12.9. The first kappa shape index (κ1) is 77.1. The van der Waals surface area contributed by atoms with Gasteiger partial charge >= 0.3 is 17.9 Å². The summed E-state index contributed by atoms with van der Waals surface area (Å²) in [6.07, 6.45) is 88.2. The lowest BCUT2D eigenvalue weighted by atomic mass is 10.0. The lowest BCUT2D eigenvalue weighted by molar-refractivity contribution is -0.167. The third-order valence-electron chi connectivity index (χ3n) is 15.7. The second-order valence-corrected chi connectivity index (χ2v) is 23.8. The number of esters is 3. The van der Waals surface area contributed by atoms with Crippen LogP contribution in [0.25, 0.3) is 0 Å². The Morgan fingerprint density at radius 2 is 0.450 bits per heavy atom. The molecule has 1 unspecified atom stereocenters. The van der Waals surface area contributed by atoms with E-state index < -0.39 is 6.10 Å². The molecule has 0 heterocycles. The molecular weight excluding hydrogens is 985 g/mol. The minimum atomic E-state index is -0.785. The number of carbonyl (C=O) groups excluding carboxylic acids is 3. The molecule has 0 saturated heterocycles. The summed E-state index contributed by atoms with van der Waals surface area (Å²) in [5.74, 6) is -0.880. The Morgan fingerprint density at radius 3 is 0.713 bits per heavy atom. The molecule has 0 aromatic carbocycles. The summed E-state index contributed by atoms with van der Waals surface area (Å²) in [5, 5.41) is 0. The van der Waals surface area contributed by atoms with E-state index in [0.29, 0.717) is 19.3 Å². The molecule has 0 aromatic heterocycles. The Morgan fingerprint density at radius 1 is 0.250 bits per heavy atom. The first-order valence-electron chi connectivity index (χ1n) is 35.3. The zero-order chi connectivity index (χ0) is 57.8. The first-order chi connectivity index (χ1) is 39.5. The van der Waals surface area contributed by atoms with Crippen molar-refractivity contribution >= 4 is 17.9 Å². The van der Waals surface area contributed by atoms with E-state index in [0.717, 1.165) is 96.3 Å². The maximum atomic E-state index is 12.9. The van der Waals surface area contributed by atoms with Gasteiger partial charge in [0, 0.05) is 19.3 Å². The van der Waals surface area contributed by atoms with Gasteiger partial charge in [0.25, 0.3) is 0 Å². The highest BCUT2D eigenvalue weighted by atomic mass is 16.6. The molecule has 0 amide bonds. The molecule has 0 fully saturated rings. The fraction of sp³-hybridized carbons (Fsp3) is 0.824. The molecule has 1 atom stereocenters. The molecule has 466 valence electrons. The monoisotopic (exact) mass is 1120 g/mol. The smallest absolute Gasteiger partial charge is 0.306 e. The predicted molar refractivity (Wildman–Crippen MR) is 348 cm³/mol. The second-order valence-electron chi connectivity index (χ2n) is 23.8. The standard InChI is InChI=1S/C74H134O6/c1-4-7-10-13-16-19-22-25-28-30-31-32-33-34-35-36-37-38-39-40-41-42-43-44-47-49-52-55-58-61-64-67-73(76)79-70-71(69-78-72(75)66-63-60-57-54-51-48-45-27-24-21-18-15-12-9-6-3)80-74(77)68-65-62-59-56-53-50-46-29-26-23-20-17-14-11-8-5-2/h20,22-23,25,27,29-31,45-46,71H,4-19,21,24,26,28,32-44,47-70H2,1-3H3/b23-20-,25-22-,31-30-,45-27-,46-29-. The van der Waals surface area contributed by atoms with Crippen LogP contribution in [0.4, 0.5) is 0 Å². The summed E-state index contributed by atoms with van der Waals surface area (Å²) in [4.78, 5) is 38.4. The van der Waals surface area contributed by atoms with Crippen molar-refractivity contribution in [3.05, 3.63) is 60.8 Å². The van der Waals surface area contributed by atoms with Gasteiger partial charge in [0.05, 0.1) is 0 Å². The Balaban J connectivity index is 4.19. The van der Waals surface area contributed by atoms with E-state index in [1.807, 2.05) is 0 Å². The average Bonchev–Trinajstić information content (AvgIpc) is 3.46. The van der Waals surface area contributed by atoms with E-state index in [2.05, 4.69) is 81.5 Å². The van der Waals surface area contributed by atoms with Crippen LogP contribution in [-0.2, 0) is 28.6 Å². The molecule has 0 spiro atoms. The van der Waals surface area contributed by atoms with Gasteiger partial charge in [-0.25, -0.2) is 0 Å². The molecule has 0 bridgehead atoms. The van der Waals surface area contributed by atoms with E-state index in [1.54, 1.807) is 0 Å². The Hall–Kier alpha value is -2.89. The van der Waals surface area contributed by atoms with Crippen molar-refractivity contribution in [3.8, 4) is 0 Å². The fourth-order valence-corrected chi connectivity index (χ4v) is 10.4. The minimum Gasteiger partial charge on any atom is -0.462 e. The molecule has 0 aliphatic carbocycles. The number of carbonyl (C=O) groups is 3. The van der Waals surface area contributed by atoms with Crippen molar-refractivity contribution in [3.63, 3.8) is 0 Å². The number of rotatable bonds is 65. The Kier molecular flexibility index (Phi) is 66.1. The van der Waals surface area contributed by atoms with Crippen LogP contribution in [-0.4, -0.2) is 37.2 Å². The van der Waals surface area contributed by atoms with Gasteiger partial charge in [0.1, 0.15) is 13.2 Å². The molecule has 6 nitrogen and oxygen atoms in total. The van der Waals surface area contributed by atoms with Crippen LogP contribution >= 0.6 is 0 Å². The van der Waals surface area contributed by atoms with Crippen LogP contribution in [0.3, 0.4) is 0 Å².